The van der Waals surface area contributed by atoms with Crippen LogP contribution in [0.1, 0.15) is 44.5 Å². The van der Waals surface area contributed by atoms with Crippen molar-refractivity contribution < 1.29 is 19.1 Å². The summed E-state index contributed by atoms with van der Waals surface area (Å²) in [6.45, 7) is 3.12. The minimum Gasteiger partial charge on any atom is -0.486 e. The van der Waals surface area contributed by atoms with E-state index in [1.165, 1.54) is 11.3 Å². The maximum atomic E-state index is 12.6. The maximum Gasteiger partial charge on any atom is 0.257 e. The summed E-state index contributed by atoms with van der Waals surface area (Å²) in [5.74, 6) is 0.837. The zero-order valence-electron chi connectivity index (χ0n) is 15.9. The molecule has 2 amide bonds. The monoisotopic (exact) mass is 431 g/mol. The lowest BCUT2D eigenvalue weighted by Gasteiger charge is -2.18. The van der Waals surface area contributed by atoms with E-state index in [0.29, 0.717) is 46.8 Å². The van der Waals surface area contributed by atoms with E-state index < -0.39 is 5.91 Å². The van der Waals surface area contributed by atoms with Crippen LogP contribution in [0.4, 0.5) is 5.00 Å². The first-order valence-electron chi connectivity index (χ1n) is 9.38. The molecule has 1 aliphatic carbocycles. The third-order valence-corrected chi connectivity index (χ3v) is 6.39. The first kappa shape index (κ1) is 19.7. The lowest BCUT2D eigenvalue weighted by Crippen LogP contribution is -2.34. The fourth-order valence-corrected chi connectivity index (χ4v) is 5.27. The van der Waals surface area contributed by atoms with Gasteiger partial charge in [-0.3, -0.25) is 14.9 Å². The average molecular weight is 432 g/mol. The van der Waals surface area contributed by atoms with Gasteiger partial charge < -0.3 is 20.5 Å². The van der Waals surface area contributed by atoms with Crippen LogP contribution >= 0.6 is 23.6 Å². The Balaban J connectivity index is 1.49. The molecule has 2 aromatic rings. The van der Waals surface area contributed by atoms with Crippen LogP contribution in [-0.2, 0) is 12.8 Å². The summed E-state index contributed by atoms with van der Waals surface area (Å²) in [5.41, 5.74) is 7.50. The van der Waals surface area contributed by atoms with Crippen molar-refractivity contribution in [2.45, 2.75) is 26.2 Å². The fourth-order valence-electron chi connectivity index (χ4n) is 3.59. The number of carbonyl (C=O) groups is 2. The van der Waals surface area contributed by atoms with Crippen LogP contribution in [0, 0.1) is 5.92 Å². The number of primary amides is 1. The summed E-state index contributed by atoms with van der Waals surface area (Å²) in [4.78, 5) is 25.7. The number of fused-ring (bicyclic) bond motifs is 2. The Hall–Kier alpha value is -2.65. The van der Waals surface area contributed by atoms with Gasteiger partial charge >= 0.3 is 0 Å². The second kappa shape index (κ2) is 8.00. The number of nitrogens with two attached hydrogens (primary N) is 1. The first-order chi connectivity index (χ1) is 13.9. The molecule has 1 aliphatic heterocycles. The quantitative estimate of drug-likeness (QED) is 0.646. The molecule has 0 fully saturated rings. The Bertz CT molecular complexity index is 1000. The Morgan fingerprint density at radius 1 is 1.24 bits per heavy atom. The number of thiophene rings is 1. The molecule has 0 saturated heterocycles. The third-order valence-electron chi connectivity index (χ3n) is 5.02. The van der Waals surface area contributed by atoms with Crippen LogP contribution in [0.25, 0.3) is 0 Å². The first-order valence-corrected chi connectivity index (χ1v) is 10.6. The molecule has 2 aliphatic rings. The van der Waals surface area contributed by atoms with Crippen molar-refractivity contribution in [1.29, 1.82) is 0 Å². The minimum atomic E-state index is -0.486. The number of anilines is 1. The van der Waals surface area contributed by atoms with Crippen LogP contribution in [0.3, 0.4) is 0 Å². The van der Waals surface area contributed by atoms with Crippen molar-refractivity contribution in [2.75, 3.05) is 18.5 Å². The highest BCUT2D eigenvalue weighted by Crippen LogP contribution is 2.39. The standard InChI is InChI=1S/C20H21N3O4S2/c1-10-2-4-12-15(8-10)29-19(16(12)17(21)24)23-20(28)22-18(25)11-3-5-13-14(9-11)27-7-6-26-13/h3,5,9-10H,2,4,6-8H2,1H3,(H2,21,24)(H2,22,23,25,28). The van der Waals surface area contributed by atoms with Gasteiger partial charge in [-0.2, -0.15) is 0 Å². The molecule has 2 heterocycles. The number of amides is 2. The third kappa shape index (κ3) is 4.06. The van der Waals surface area contributed by atoms with E-state index in [1.54, 1.807) is 18.2 Å². The van der Waals surface area contributed by atoms with Crippen LogP contribution < -0.4 is 25.8 Å². The lowest BCUT2D eigenvalue weighted by atomic mass is 9.88. The molecule has 4 N–H and O–H groups in total. The van der Waals surface area contributed by atoms with Crippen molar-refractivity contribution in [3.8, 4) is 11.5 Å². The highest BCUT2D eigenvalue weighted by Gasteiger charge is 2.27. The van der Waals surface area contributed by atoms with E-state index in [1.807, 2.05) is 0 Å². The SMILES string of the molecule is CC1CCc2c(sc(NC(=S)NC(=O)c3ccc4c(c3)OCCO4)c2C(N)=O)C1. The predicted molar refractivity (Wildman–Crippen MR) is 115 cm³/mol. The van der Waals surface area contributed by atoms with Gasteiger partial charge in [-0.15, -0.1) is 11.3 Å². The van der Waals surface area contributed by atoms with E-state index in [-0.39, 0.29) is 11.0 Å². The number of rotatable bonds is 3. The number of benzene rings is 1. The van der Waals surface area contributed by atoms with E-state index in [9.17, 15) is 9.59 Å². The second-order valence-electron chi connectivity index (χ2n) is 7.19. The highest BCUT2D eigenvalue weighted by atomic mass is 32.1. The molecule has 7 nitrogen and oxygen atoms in total. The Kier molecular flexibility index (Phi) is 5.42. The van der Waals surface area contributed by atoms with Gasteiger partial charge in [-0.25, -0.2) is 0 Å². The summed E-state index contributed by atoms with van der Waals surface area (Å²) in [6, 6.07) is 4.96. The number of ether oxygens (including phenoxy) is 2. The van der Waals surface area contributed by atoms with Gasteiger partial charge in [0.2, 0.25) is 0 Å². The minimum absolute atomic E-state index is 0.110. The number of carbonyl (C=O) groups excluding carboxylic acids is 2. The zero-order valence-corrected chi connectivity index (χ0v) is 17.5. The van der Waals surface area contributed by atoms with Crippen molar-refractivity contribution in [1.82, 2.24) is 5.32 Å². The fraction of sp³-hybridized carbons (Fsp3) is 0.350. The van der Waals surface area contributed by atoms with Crippen molar-refractivity contribution in [3.05, 3.63) is 39.8 Å². The second-order valence-corrected chi connectivity index (χ2v) is 8.70. The molecule has 152 valence electrons. The molecule has 1 unspecified atom stereocenters. The topological polar surface area (TPSA) is 103 Å². The summed E-state index contributed by atoms with van der Waals surface area (Å²) in [7, 11) is 0. The van der Waals surface area contributed by atoms with Gasteiger partial charge in [-0.05, 0) is 61.2 Å². The molecular weight excluding hydrogens is 410 g/mol. The molecule has 4 rings (SSSR count). The summed E-state index contributed by atoms with van der Waals surface area (Å²) in [6.07, 6.45) is 2.76. The largest absolute Gasteiger partial charge is 0.486 e. The van der Waals surface area contributed by atoms with E-state index in [4.69, 9.17) is 27.4 Å². The zero-order chi connectivity index (χ0) is 20.5. The van der Waals surface area contributed by atoms with Crippen LogP contribution in [0.2, 0.25) is 0 Å². The number of hydrogen-bond donors (Lipinski definition) is 3. The highest BCUT2D eigenvalue weighted by molar-refractivity contribution is 7.80. The molecule has 0 bridgehead atoms. The van der Waals surface area contributed by atoms with Gasteiger partial charge in [0.25, 0.3) is 11.8 Å². The average Bonchev–Trinajstić information content (AvgIpc) is 3.04. The summed E-state index contributed by atoms with van der Waals surface area (Å²) < 4.78 is 11.0. The number of nitrogens with one attached hydrogen (secondary N) is 2. The van der Waals surface area contributed by atoms with Gasteiger partial charge in [0.05, 0.1) is 5.56 Å². The Labute approximate surface area is 177 Å². The van der Waals surface area contributed by atoms with E-state index in [0.717, 1.165) is 29.7 Å². The van der Waals surface area contributed by atoms with Crippen molar-refractivity contribution in [3.63, 3.8) is 0 Å². The van der Waals surface area contributed by atoms with Crippen molar-refractivity contribution >= 4 is 45.5 Å². The summed E-state index contributed by atoms with van der Waals surface area (Å²) in [5, 5.41) is 6.33. The number of hydrogen-bond acceptors (Lipinski definition) is 6. The van der Waals surface area contributed by atoms with E-state index in [2.05, 4.69) is 17.6 Å². The van der Waals surface area contributed by atoms with Gasteiger partial charge in [-0.1, -0.05) is 6.92 Å². The number of thiocarbonyl (C=S) groups is 1. The van der Waals surface area contributed by atoms with Crippen LogP contribution in [0.15, 0.2) is 18.2 Å². The Morgan fingerprint density at radius 2 is 2.00 bits per heavy atom. The van der Waals surface area contributed by atoms with Crippen LogP contribution in [0.5, 0.6) is 11.5 Å². The van der Waals surface area contributed by atoms with Gasteiger partial charge in [0.1, 0.15) is 18.2 Å². The van der Waals surface area contributed by atoms with Crippen molar-refractivity contribution in [2.24, 2.45) is 11.7 Å². The Morgan fingerprint density at radius 3 is 2.76 bits per heavy atom. The molecular formula is C20H21N3O4S2. The normalized spacial score (nSPS) is 17.2. The molecule has 1 aromatic heterocycles. The lowest BCUT2D eigenvalue weighted by molar-refractivity contribution is 0.0974. The smallest absolute Gasteiger partial charge is 0.257 e. The molecule has 9 heteroatoms. The van der Waals surface area contributed by atoms with E-state index >= 15 is 0 Å². The molecule has 1 atom stereocenters. The van der Waals surface area contributed by atoms with Crippen LogP contribution in [-0.4, -0.2) is 30.1 Å². The molecule has 1 aromatic carbocycles. The molecule has 0 radical (unpaired) electrons. The molecule has 0 saturated carbocycles. The maximum absolute atomic E-state index is 12.6. The molecule has 0 spiro atoms. The molecule has 29 heavy (non-hydrogen) atoms. The predicted octanol–water partition coefficient (Wildman–Crippen LogP) is 2.87. The van der Waals surface area contributed by atoms with Gasteiger partial charge in [0.15, 0.2) is 16.6 Å². The summed E-state index contributed by atoms with van der Waals surface area (Å²) >= 11 is 6.78. The van der Waals surface area contributed by atoms with Gasteiger partial charge in [0, 0.05) is 10.4 Å².